The Kier molecular flexibility index (Phi) is 5.25. The van der Waals surface area contributed by atoms with Gasteiger partial charge in [-0.1, -0.05) is 29.8 Å². The van der Waals surface area contributed by atoms with Crippen LogP contribution in [-0.4, -0.2) is 59.9 Å². The summed E-state index contributed by atoms with van der Waals surface area (Å²) >= 11 is 5.97. The number of halogens is 1. The molecule has 3 aromatic rings. The van der Waals surface area contributed by atoms with Gasteiger partial charge in [-0.2, -0.15) is 0 Å². The van der Waals surface area contributed by atoms with Crippen molar-refractivity contribution in [3.05, 3.63) is 58.9 Å². The van der Waals surface area contributed by atoms with Crippen LogP contribution in [0.25, 0.3) is 11.0 Å². The number of rotatable bonds is 5. The third-order valence-electron chi connectivity index (χ3n) is 5.03. The van der Waals surface area contributed by atoms with Crippen LogP contribution in [0.3, 0.4) is 0 Å². The van der Waals surface area contributed by atoms with Crippen LogP contribution in [0, 0.1) is 0 Å². The van der Waals surface area contributed by atoms with E-state index in [-0.39, 0.29) is 11.8 Å². The molecule has 0 aliphatic carbocycles. The van der Waals surface area contributed by atoms with Gasteiger partial charge in [0.2, 0.25) is 5.91 Å². The average molecular weight is 412 g/mol. The van der Waals surface area contributed by atoms with Crippen LogP contribution in [0.1, 0.15) is 16.1 Å². The highest BCUT2D eigenvalue weighted by Gasteiger charge is 2.33. The second-order valence-electron chi connectivity index (χ2n) is 7.43. The Hall–Kier alpha value is -2.90. The molecule has 0 saturated carbocycles. The molecule has 1 unspecified atom stereocenters. The summed E-state index contributed by atoms with van der Waals surface area (Å²) < 4.78 is 0. The van der Waals surface area contributed by atoms with E-state index >= 15 is 0 Å². The summed E-state index contributed by atoms with van der Waals surface area (Å²) in [6.07, 6.45) is 1.98. The van der Waals surface area contributed by atoms with E-state index in [1.165, 1.54) is 6.20 Å². The van der Waals surface area contributed by atoms with Crippen LogP contribution in [-0.2, 0) is 11.2 Å². The number of nitrogens with one attached hydrogen (secondary N) is 2. The number of likely N-dealkylation sites (N-methyl/N-ethyl adjacent to an activating group) is 1. The van der Waals surface area contributed by atoms with Crippen molar-refractivity contribution in [2.45, 2.75) is 12.5 Å². The Morgan fingerprint density at radius 3 is 2.93 bits per heavy atom. The van der Waals surface area contributed by atoms with Crippen molar-refractivity contribution >= 4 is 40.1 Å². The Bertz CT molecular complexity index is 1080. The third-order valence-corrected chi connectivity index (χ3v) is 5.23. The van der Waals surface area contributed by atoms with E-state index in [0.717, 1.165) is 23.2 Å². The molecule has 1 aliphatic heterocycles. The lowest BCUT2D eigenvalue weighted by Gasteiger charge is -2.35. The van der Waals surface area contributed by atoms with Crippen LogP contribution in [0.5, 0.6) is 0 Å². The number of fused-ring (bicyclic) bond motifs is 2. The van der Waals surface area contributed by atoms with Crippen molar-refractivity contribution in [3.8, 4) is 0 Å². The third kappa shape index (κ3) is 3.97. The lowest BCUT2D eigenvalue weighted by atomic mass is 9.97. The van der Waals surface area contributed by atoms with Gasteiger partial charge in [-0.15, -0.1) is 0 Å². The number of carbonyl (C=O) groups excluding carboxylic acids is 2. The lowest BCUT2D eigenvalue weighted by Crippen LogP contribution is -2.54. The number of pyridine rings is 1. The number of para-hydroxylation sites is 1. The number of carbonyl (C=O) groups is 2. The topological polar surface area (TPSA) is 81.3 Å². The number of H-pyrrole nitrogens is 1. The van der Waals surface area contributed by atoms with E-state index in [1.807, 2.05) is 43.3 Å². The van der Waals surface area contributed by atoms with Crippen LogP contribution in [0.15, 0.2) is 42.6 Å². The minimum Gasteiger partial charge on any atom is -0.339 e. The molecule has 2 aromatic heterocycles. The van der Waals surface area contributed by atoms with Crippen molar-refractivity contribution in [1.82, 2.24) is 20.2 Å². The Morgan fingerprint density at radius 2 is 2.14 bits per heavy atom. The van der Waals surface area contributed by atoms with Gasteiger partial charge < -0.3 is 20.1 Å². The second-order valence-corrected chi connectivity index (χ2v) is 7.86. The van der Waals surface area contributed by atoms with E-state index in [2.05, 4.69) is 15.3 Å². The van der Waals surface area contributed by atoms with Crippen LogP contribution < -0.4 is 10.2 Å². The van der Waals surface area contributed by atoms with Gasteiger partial charge in [0, 0.05) is 36.8 Å². The van der Waals surface area contributed by atoms with Gasteiger partial charge in [-0.05, 0) is 37.9 Å². The van der Waals surface area contributed by atoms with E-state index in [9.17, 15) is 9.59 Å². The van der Waals surface area contributed by atoms with Gasteiger partial charge in [-0.25, -0.2) is 4.98 Å². The fraction of sp³-hybridized carbons (Fsp3) is 0.286. The largest absolute Gasteiger partial charge is 0.339 e. The molecule has 3 heterocycles. The molecule has 8 heteroatoms. The summed E-state index contributed by atoms with van der Waals surface area (Å²) in [6.45, 7) is 1.29. The first kappa shape index (κ1) is 19.4. The maximum atomic E-state index is 13.1. The van der Waals surface area contributed by atoms with Crippen molar-refractivity contribution < 1.29 is 9.59 Å². The number of anilines is 1. The molecule has 2 amide bonds. The zero-order chi connectivity index (χ0) is 20.5. The SMILES string of the molecule is CN(C)CCN1C(=O)C(NC(=O)c2cc3cc(Cl)cnc3[nH]2)Cc2ccccc21. The molecule has 0 fully saturated rings. The zero-order valence-corrected chi connectivity index (χ0v) is 17.0. The number of hydrogen-bond acceptors (Lipinski definition) is 4. The van der Waals surface area contributed by atoms with Crippen LogP contribution >= 0.6 is 11.6 Å². The van der Waals surface area contributed by atoms with Crippen LogP contribution in [0.4, 0.5) is 5.69 Å². The van der Waals surface area contributed by atoms with Gasteiger partial charge in [0.05, 0.1) is 5.02 Å². The molecule has 7 nitrogen and oxygen atoms in total. The number of aromatic nitrogens is 2. The van der Waals surface area contributed by atoms with Gasteiger partial charge in [0.25, 0.3) is 5.91 Å². The molecule has 0 saturated heterocycles. The fourth-order valence-corrected chi connectivity index (χ4v) is 3.72. The number of amides is 2. The minimum atomic E-state index is -0.623. The van der Waals surface area contributed by atoms with E-state index in [4.69, 9.17) is 11.6 Å². The molecule has 1 aromatic carbocycles. The molecule has 29 heavy (non-hydrogen) atoms. The molecule has 4 rings (SSSR count). The monoisotopic (exact) mass is 411 g/mol. The van der Waals surface area contributed by atoms with Gasteiger partial charge >= 0.3 is 0 Å². The number of aromatic amines is 1. The summed E-state index contributed by atoms with van der Waals surface area (Å²) in [6, 6.07) is 10.6. The summed E-state index contributed by atoms with van der Waals surface area (Å²) in [5, 5.41) is 4.13. The predicted octanol–water partition coefficient (Wildman–Crippen LogP) is 2.47. The molecule has 0 radical (unpaired) electrons. The number of nitrogens with zero attached hydrogens (tertiary/aromatic N) is 3. The standard InChI is InChI=1S/C21H22ClN5O2/c1-26(2)7-8-27-18-6-4-3-5-13(18)10-17(21(27)29)25-20(28)16-11-14-9-15(22)12-23-19(14)24-16/h3-6,9,11-12,17H,7-8,10H2,1-2H3,(H,23,24)(H,25,28). The Labute approximate surface area is 173 Å². The van der Waals surface area contributed by atoms with Gasteiger partial charge in [-0.3, -0.25) is 9.59 Å². The maximum absolute atomic E-state index is 13.1. The van der Waals surface area contributed by atoms with Crippen molar-refractivity contribution in [2.75, 3.05) is 32.1 Å². The van der Waals surface area contributed by atoms with E-state index in [1.54, 1.807) is 17.0 Å². The van der Waals surface area contributed by atoms with Gasteiger partial charge in [0.15, 0.2) is 0 Å². The molecule has 2 N–H and O–H groups in total. The number of hydrogen-bond donors (Lipinski definition) is 2. The molecular formula is C21H22ClN5O2. The molecule has 1 atom stereocenters. The molecule has 0 spiro atoms. The first-order valence-electron chi connectivity index (χ1n) is 9.41. The highest BCUT2D eigenvalue weighted by atomic mass is 35.5. The Morgan fingerprint density at radius 1 is 1.34 bits per heavy atom. The summed E-state index contributed by atoms with van der Waals surface area (Å²) in [5.74, 6) is -0.444. The molecule has 0 bridgehead atoms. The zero-order valence-electron chi connectivity index (χ0n) is 16.3. The maximum Gasteiger partial charge on any atom is 0.268 e. The minimum absolute atomic E-state index is 0.101. The van der Waals surface area contributed by atoms with Crippen molar-refractivity contribution in [1.29, 1.82) is 0 Å². The Balaban J connectivity index is 1.57. The molecule has 150 valence electrons. The summed E-state index contributed by atoms with van der Waals surface area (Å²) in [7, 11) is 3.94. The molecular weight excluding hydrogens is 390 g/mol. The first-order valence-corrected chi connectivity index (χ1v) is 9.79. The smallest absolute Gasteiger partial charge is 0.268 e. The predicted molar refractivity (Wildman–Crippen MR) is 113 cm³/mol. The van der Waals surface area contributed by atoms with Crippen molar-refractivity contribution in [3.63, 3.8) is 0 Å². The molecule has 1 aliphatic rings. The normalized spacial score (nSPS) is 16.3. The van der Waals surface area contributed by atoms with Crippen LogP contribution in [0.2, 0.25) is 5.02 Å². The quantitative estimate of drug-likeness (QED) is 0.675. The lowest BCUT2D eigenvalue weighted by molar-refractivity contribution is -0.120. The summed E-state index contributed by atoms with van der Waals surface area (Å²) in [5.41, 5.74) is 2.88. The number of benzene rings is 1. The fourth-order valence-electron chi connectivity index (χ4n) is 3.55. The average Bonchev–Trinajstić information content (AvgIpc) is 3.11. The first-order chi connectivity index (χ1) is 13.9. The highest BCUT2D eigenvalue weighted by molar-refractivity contribution is 6.31. The highest BCUT2D eigenvalue weighted by Crippen LogP contribution is 2.28. The van der Waals surface area contributed by atoms with E-state index < -0.39 is 6.04 Å². The van der Waals surface area contributed by atoms with Gasteiger partial charge in [0.1, 0.15) is 17.4 Å². The van der Waals surface area contributed by atoms with Crippen molar-refractivity contribution in [2.24, 2.45) is 0 Å². The summed E-state index contributed by atoms with van der Waals surface area (Å²) in [4.78, 5) is 36.9. The second kappa shape index (κ2) is 7.85. The van der Waals surface area contributed by atoms with E-state index in [0.29, 0.717) is 29.3 Å².